The Hall–Kier alpha value is -0.930. The Morgan fingerprint density at radius 3 is 2.79 bits per heavy atom. The standard InChI is InChI=1S/C16H23FN2/c1-12(10-13-2-4-15(17)5-3-13)18-16-7-9-19-8-6-14(16)11-19/h2-5,12,14,16,18H,6-11H2,1H3. The molecule has 1 aromatic rings. The van der Waals surface area contributed by atoms with Crippen molar-refractivity contribution in [1.82, 2.24) is 10.2 Å². The zero-order chi connectivity index (χ0) is 13.2. The van der Waals surface area contributed by atoms with E-state index in [0.717, 1.165) is 12.3 Å². The second kappa shape index (κ2) is 5.59. The molecule has 0 aromatic heterocycles. The van der Waals surface area contributed by atoms with E-state index in [1.165, 1.54) is 38.0 Å². The van der Waals surface area contributed by atoms with Gasteiger partial charge in [0.1, 0.15) is 5.82 Å². The Bertz CT molecular complexity index is 417. The Morgan fingerprint density at radius 2 is 2.00 bits per heavy atom. The number of nitrogens with one attached hydrogen (secondary N) is 1. The van der Waals surface area contributed by atoms with Crippen molar-refractivity contribution in [2.45, 2.75) is 38.3 Å². The number of benzene rings is 1. The Kier molecular flexibility index (Phi) is 3.85. The Balaban J connectivity index is 1.53. The van der Waals surface area contributed by atoms with E-state index in [0.29, 0.717) is 12.1 Å². The summed E-state index contributed by atoms with van der Waals surface area (Å²) in [4.78, 5) is 2.58. The van der Waals surface area contributed by atoms with Gasteiger partial charge < -0.3 is 10.2 Å². The molecule has 0 amide bonds. The zero-order valence-electron chi connectivity index (χ0n) is 11.6. The molecule has 2 bridgehead atoms. The lowest BCUT2D eigenvalue weighted by molar-refractivity contribution is 0.211. The number of fused-ring (bicyclic) bond motifs is 2. The molecule has 0 saturated carbocycles. The van der Waals surface area contributed by atoms with Gasteiger partial charge in [-0.15, -0.1) is 0 Å². The van der Waals surface area contributed by atoms with Gasteiger partial charge in [0.2, 0.25) is 0 Å². The maximum absolute atomic E-state index is 12.9. The van der Waals surface area contributed by atoms with Gasteiger partial charge in [0.05, 0.1) is 0 Å². The summed E-state index contributed by atoms with van der Waals surface area (Å²) in [6.45, 7) is 6.05. The third-order valence-corrected chi connectivity index (χ3v) is 4.59. The average Bonchev–Trinajstić information content (AvgIpc) is 2.79. The van der Waals surface area contributed by atoms with Gasteiger partial charge in [-0.25, -0.2) is 4.39 Å². The van der Waals surface area contributed by atoms with E-state index < -0.39 is 0 Å². The molecule has 2 heterocycles. The molecule has 0 aliphatic carbocycles. The molecule has 0 spiro atoms. The molecule has 4 atom stereocenters. The Labute approximate surface area is 115 Å². The van der Waals surface area contributed by atoms with Crippen LogP contribution in [0.15, 0.2) is 24.3 Å². The van der Waals surface area contributed by atoms with Gasteiger partial charge in [-0.05, 0) is 62.9 Å². The summed E-state index contributed by atoms with van der Waals surface area (Å²) in [7, 11) is 0. The minimum absolute atomic E-state index is 0.150. The molecule has 3 rings (SSSR count). The van der Waals surface area contributed by atoms with Crippen LogP contribution in [-0.4, -0.2) is 36.6 Å². The first kappa shape index (κ1) is 13.1. The van der Waals surface area contributed by atoms with Crippen LogP contribution in [0.1, 0.15) is 25.3 Å². The maximum Gasteiger partial charge on any atom is 0.123 e. The minimum Gasteiger partial charge on any atom is -0.311 e. The lowest BCUT2D eigenvalue weighted by Gasteiger charge is -2.33. The van der Waals surface area contributed by atoms with E-state index in [9.17, 15) is 4.39 Å². The molecule has 2 fully saturated rings. The monoisotopic (exact) mass is 262 g/mol. The molecule has 19 heavy (non-hydrogen) atoms. The number of rotatable bonds is 4. The molecule has 104 valence electrons. The third-order valence-electron chi connectivity index (χ3n) is 4.59. The molecule has 2 saturated heterocycles. The molecular formula is C16H23FN2. The first-order valence-electron chi connectivity index (χ1n) is 7.43. The van der Waals surface area contributed by atoms with E-state index in [1.807, 2.05) is 12.1 Å². The van der Waals surface area contributed by atoms with Crippen molar-refractivity contribution in [3.05, 3.63) is 35.6 Å². The fourth-order valence-corrected chi connectivity index (χ4v) is 3.57. The fourth-order valence-electron chi connectivity index (χ4n) is 3.57. The third kappa shape index (κ3) is 3.15. The smallest absolute Gasteiger partial charge is 0.123 e. The van der Waals surface area contributed by atoms with E-state index in [1.54, 1.807) is 12.1 Å². The topological polar surface area (TPSA) is 15.3 Å². The maximum atomic E-state index is 12.9. The van der Waals surface area contributed by atoms with Crippen molar-refractivity contribution in [2.24, 2.45) is 5.92 Å². The van der Waals surface area contributed by atoms with E-state index in [2.05, 4.69) is 17.1 Å². The van der Waals surface area contributed by atoms with Crippen molar-refractivity contribution in [1.29, 1.82) is 0 Å². The lowest BCUT2D eigenvalue weighted by atomic mass is 9.93. The van der Waals surface area contributed by atoms with Gasteiger partial charge in [0.15, 0.2) is 0 Å². The van der Waals surface area contributed by atoms with Crippen LogP contribution in [0.4, 0.5) is 4.39 Å². The molecule has 0 radical (unpaired) electrons. The molecular weight excluding hydrogens is 239 g/mol. The van der Waals surface area contributed by atoms with Gasteiger partial charge in [-0.3, -0.25) is 0 Å². The van der Waals surface area contributed by atoms with Crippen LogP contribution in [0.25, 0.3) is 0 Å². The van der Waals surface area contributed by atoms with Crippen LogP contribution >= 0.6 is 0 Å². The Morgan fingerprint density at radius 1 is 1.26 bits per heavy atom. The van der Waals surface area contributed by atoms with Gasteiger partial charge in [-0.2, -0.15) is 0 Å². The zero-order valence-corrected chi connectivity index (χ0v) is 11.6. The predicted molar refractivity (Wildman–Crippen MR) is 75.7 cm³/mol. The summed E-state index contributed by atoms with van der Waals surface area (Å²) in [5, 5.41) is 3.79. The van der Waals surface area contributed by atoms with Crippen molar-refractivity contribution in [3.8, 4) is 0 Å². The largest absolute Gasteiger partial charge is 0.311 e. The van der Waals surface area contributed by atoms with Crippen LogP contribution in [0, 0.1) is 11.7 Å². The second-order valence-corrected chi connectivity index (χ2v) is 6.14. The molecule has 2 aliphatic rings. The molecule has 3 heteroatoms. The highest BCUT2D eigenvalue weighted by Gasteiger charge is 2.34. The van der Waals surface area contributed by atoms with Crippen LogP contribution in [0.5, 0.6) is 0 Å². The van der Waals surface area contributed by atoms with Gasteiger partial charge in [0.25, 0.3) is 0 Å². The number of hydrogen-bond donors (Lipinski definition) is 1. The first-order valence-corrected chi connectivity index (χ1v) is 7.43. The number of piperidine rings is 1. The number of hydrogen-bond acceptors (Lipinski definition) is 2. The molecule has 1 aromatic carbocycles. The fraction of sp³-hybridized carbons (Fsp3) is 0.625. The SMILES string of the molecule is CC(Cc1ccc(F)cc1)NC1CCN2CCC1C2. The minimum atomic E-state index is -0.150. The van der Waals surface area contributed by atoms with Crippen molar-refractivity contribution in [3.63, 3.8) is 0 Å². The second-order valence-electron chi connectivity index (χ2n) is 6.14. The highest BCUT2D eigenvalue weighted by atomic mass is 19.1. The summed E-state index contributed by atoms with van der Waals surface area (Å²) < 4.78 is 12.9. The molecule has 4 unspecified atom stereocenters. The van der Waals surface area contributed by atoms with Crippen LogP contribution in [-0.2, 0) is 6.42 Å². The number of halogens is 1. The summed E-state index contributed by atoms with van der Waals surface area (Å²) in [5.74, 6) is 0.687. The van der Waals surface area contributed by atoms with Crippen molar-refractivity contribution in [2.75, 3.05) is 19.6 Å². The van der Waals surface area contributed by atoms with Crippen molar-refractivity contribution >= 4 is 0 Å². The quantitative estimate of drug-likeness (QED) is 0.896. The summed E-state index contributed by atoms with van der Waals surface area (Å²) in [5.41, 5.74) is 1.21. The summed E-state index contributed by atoms with van der Waals surface area (Å²) >= 11 is 0. The molecule has 2 aliphatic heterocycles. The average molecular weight is 262 g/mol. The van der Waals surface area contributed by atoms with Crippen LogP contribution < -0.4 is 5.32 Å². The highest BCUT2D eigenvalue weighted by molar-refractivity contribution is 5.17. The van der Waals surface area contributed by atoms with Gasteiger partial charge in [0, 0.05) is 18.6 Å². The lowest BCUT2D eigenvalue weighted by Crippen LogP contribution is -2.47. The van der Waals surface area contributed by atoms with E-state index in [4.69, 9.17) is 0 Å². The van der Waals surface area contributed by atoms with E-state index in [-0.39, 0.29) is 5.82 Å². The van der Waals surface area contributed by atoms with Crippen LogP contribution in [0.3, 0.4) is 0 Å². The summed E-state index contributed by atoms with van der Waals surface area (Å²) in [6, 6.07) is 8.03. The van der Waals surface area contributed by atoms with Gasteiger partial charge >= 0.3 is 0 Å². The normalized spacial score (nSPS) is 31.4. The van der Waals surface area contributed by atoms with Gasteiger partial charge in [-0.1, -0.05) is 12.1 Å². The molecule has 2 nitrogen and oxygen atoms in total. The highest BCUT2D eigenvalue weighted by Crippen LogP contribution is 2.27. The first-order chi connectivity index (χ1) is 9.20. The predicted octanol–water partition coefficient (Wildman–Crippen LogP) is 2.44. The number of nitrogens with zero attached hydrogens (tertiary/aromatic N) is 1. The van der Waals surface area contributed by atoms with E-state index >= 15 is 0 Å². The molecule has 1 N–H and O–H groups in total. The van der Waals surface area contributed by atoms with Crippen LogP contribution in [0.2, 0.25) is 0 Å². The summed E-state index contributed by atoms with van der Waals surface area (Å²) in [6.07, 6.45) is 3.60. The van der Waals surface area contributed by atoms with Crippen molar-refractivity contribution < 1.29 is 4.39 Å².